The lowest BCUT2D eigenvalue weighted by Crippen LogP contribution is -2.22. The number of rotatable bonds is 5. The summed E-state index contributed by atoms with van der Waals surface area (Å²) < 4.78 is 2.02. The quantitative estimate of drug-likeness (QED) is 0.609. The van der Waals surface area contributed by atoms with Crippen molar-refractivity contribution in [3.8, 4) is 5.69 Å². The van der Waals surface area contributed by atoms with Gasteiger partial charge in [0.15, 0.2) is 5.16 Å². The van der Waals surface area contributed by atoms with Crippen molar-refractivity contribution in [1.29, 1.82) is 0 Å². The molecule has 2 aromatic carbocycles. The first kappa shape index (κ1) is 18.5. The predicted molar refractivity (Wildman–Crippen MR) is 108 cm³/mol. The van der Waals surface area contributed by atoms with Gasteiger partial charge in [-0.15, -0.1) is 0 Å². The van der Waals surface area contributed by atoms with Gasteiger partial charge in [-0.2, -0.15) is 0 Å². The van der Waals surface area contributed by atoms with Crippen molar-refractivity contribution in [2.45, 2.75) is 31.2 Å². The second-order valence-corrected chi connectivity index (χ2v) is 7.87. The first-order valence-electron chi connectivity index (χ1n) is 8.28. The minimum absolute atomic E-state index is 0.0764. The van der Waals surface area contributed by atoms with E-state index in [-0.39, 0.29) is 11.2 Å². The molecule has 3 aromatic rings. The number of nitrogens with one attached hydrogen (secondary N) is 1. The second kappa shape index (κ2) is 7.98. The molecule has 1 heterocycles. The van der Waals surface area contributed by atoms with Gasteiger partial charge in [-0.05, 0) is 56.7 Å². The molecular formula is C20H20ClN3OS. The Hall–Kier alpha value is -2.24. The van der Waals surface area contributed by atoms with Crippen molar-refractivity contribution >= 4 is 35.0 Å². The molecule has 1 atom stereocenters. The summed E-state index contributed by atoms with van der Waals surface area (Å²) in [6, 6.07) is 13.4. The SMILES string of the molecule is Cc1ccc(-n2ccnc2S[C@H](C)C(=O)Nc2ccc(Cl)cc2)c(C)c1. The monoisotopic (exact) mass is 385 g/mol. The van der Waals surface area contributed by atoms with E-state index in [1.807, 2.05) is 17.7 Å². The zero-order chi connectivity index (χ0) is 18.7. The molecular weight excluding hydrogens is 366 g/mol. The van der Waals surface area contributed by atoms with E-state index < -0.39 is 0 Å². The standard InChI is InChI=1S/C20H20ClN3OS/c1-13-4-9-18(14(2)12-13)24-11-10-22-20(24)26-15(3)19(25)23-17-7-5-16(21)6-8-17/h4-12,15H,1-3H3,(H,23,25)/t15-/m1/s1. The predicted octanol–water partition coefficient (Wildman–Crippen LogP) is 5.26. The molecule has 1 amide bonds. The van der Waals surface area contributed by atoms with Crippen LogP contribution in [0.4, 0.5) is 5.69 Å². The molecule has 1 N–H and O–H groups in total. The summed E-state index contributed by atoms with van der Waals surface area (Å²) in [5, 5.41) is 4.04. The third-order valence-corrected chi connectivity index (χ3v) is 5.31. The number of hydrogen-bond acceptors (Lipinski definition) is 3. The summed E-state index contributed by atoms with van der Waals surface area (Å²) >= 11 is 7.30. The number of benzene rings is 2. The summed E-state index contributed by atoms with van der Waals surface area (Å²) in [7, 11) is 0. The van der Waals surface area contributed by atoms with Crippen molar-refractivity contribution in [1.82, 2.24) is 9.55 Å². The fraction of sp³-hybridized carbons (Fsp3) is 0.200. The molecule has 0 unspecified atom stereocenters. The number of thioether (sulfide) groups is 1. The highest BCUT2D eigenvalue weighted by Crippen LogP contribution is 2.27. The van der Waals surface area contributed by atoms with E-state index in [1.54, 1.807) is 30.5 Å². The minimum atomic E-state index is -0.294. The number of hydrogen-bond donors (Lipinski definition) is 1. The van der Waals surface area contributed by atoms with Crippen molar-refractivity contribution in [3.63, 3.8) is 0 Å². The van der Waals surface area contributed by atoms with Crippen LogP contribution in [0.1, 0.15) is 18.1 Å². The van der Waals surface area contributed by atoms with Crippen molar-refractivity contribution in [3.05, 3.63) is 71.0 Å². The molecule has 0 bridgehead atoms. The highest BCUT2D eigenvalue weighted by atomic mass is 35.5. The Labute approximate surface area is 162 Å². The van der Waals surface area contributed by atoms with Gasteiger partial charge in [0.2, 0.25) is 5.91 Å². The van der Waals surface area contributed by atoms with Gasteiger partial charge in [0.25, 0.3) is 0 Å². The van der Waals surface area contributed by atoms with Crippen molar-refractivity contribution < 1.29 is 4.79 Å². The maximum atomic E-state index is 12.5. The molecule has 1 aromatic heterocycles. The van der Waals surface area contributed by atoms with Crippen LogP contribution in [0.3, 0.4) is 0 Å². The van der Waals surface area contributed by atoms with Crippen LogP contribution in [0.15, 0.2) is 60.0 Å². The van der Waals surface area contributed by atoms with Gasteiger partial charge in [0.1, 0.15) is 0 Å². The van der Waals surface area contributed by atoms with Crippen LogP contribution in [-0.4, -0.2) is 20.7 Å². The zero-order valence-corrected chi connectivity index (χ0v) is 16.4. The molecule has 0 radical (unpaired) electrons. The van der Waals surface area contributed by atoms with Crippen LogP contribution in [-0.2, 0) is 4.79 Å². The third kappa shape index (κ3) is 4.29. The fourth-order valence-corrected chi connectivity index (χ4v) is 3.63. The molecule has 0 saturated carbocycles. The molecule has 6 heteroatoms. The topological polar surface area (TPSA) is 46.9 Å². The number of carbonyl (C=O) groups excluding carboxylic acids is 1. The molecule has 0 aliphatic heterocycles. The molecule has 0 spiro atoms. The van der Waals surface area contributed by atoms with E-state index in [1.165, 1.54) is 22.9 Å². The number of halogens is 1. The van der Waals surface area contributed by atoms with Gasteiger partial charge in [-0.1, -0.05) is 41.1 Å². The van der Waals surface area contributed by atoms with Crippen LogP contribution in [0.2, 0.25) is 5.02 Å². The maximum absolute atomic E-state index is 12.5. The highest BCUT2D eigenvalue weighted by Gasteiger charge is 2.18. The second-order valence-electron chi connectivity index (χ2n) is 6.13. The molecule has 3 rings (SSSR count). The molecule has 0 fully saturated rings. The van der Waals surface area contributed by atoms with Gasteiger partial charge >= 0.3 is 0 Å². The molecule has 4 nitrogen and oxygen atoms in total. The van der Waals surface area contributed by atoms with E-state index in [4.69, 9.17) is 11.6 Å². The summed E-state index contributed by atoms with van der Waals surface area (Å²) in [5.41, 5.74) is 4.19. The first-order valence-corrected chi connectivity index (χ1v) is 9.54. The smallest absolute Gasteiger partial charge is 0.237 e. The number of anilines is 1. The lowest BCUT2D eigenvalue weighted by atomic mass is 10.1. The third-order valence-electron chi connectivity index (χ3n) is 3.98. The Morgan fingerprint density at radius 2 is 1.92 bits per heavy atom. The average Bonchev–Trinajstić information content (AvgIpc) is 3.04. The van der Waals surface area contributed by atoms with Crippen LogP contribution in [0, 0.1) is 13.8 Å². The summed E-state index contributed by atoms with van der Waals surface area (Å²) in [6.45, 7) is 6.02. The number of carbonyl (C=O) groups is 1. The Morgan fingerprint density at radius 3 is 2.62 bits per heavy atom. The normalized spacial score (nSPS) is 12.0. The van der Waals surface area contributed by atoms with Crippen LogP contribution in [0.25, 0.3) is 5.69 Å². The van der Waals surface area contributed by atoms with Crippen molar-refractivity contribution in [2.75, 3.05) is 5.32 Å². The number of imidazole rings is 1. The fourth-order valence-electron chi connectivity index (χ4n) is 2.62. The molecule has 134 valence electrons. The van der Waals surface area contributed by atoms with Crippen LogP contribution in [0.5, 0.6) is 0 Å². The van der Waals surface area contributed by atoms with E-state index >= 15 is 0 Å². The summed E-state index contributed by atoms with van der Waals surface area (Å²) in [5.74, 6) is -0.0764. The van der Waals surface area contributed by atoms with Gasteiger partial charge in [-0.3, -0.25) is 9.36 Å². The summed E-state index contributed by atoms with van der Waals surface area (Å²) in [6.07, 6.45) is 3.68. The Morgan fingerprint density at radius 1 is 1.19 bits per heavy atom. The largest absolute Gasteiger partial charge is 0.325 e. The van der Waals surface area contributed by atoms with Gasteiger partial charge in [0, 0.05) is 23.1 Å². The van der Waals surface area contributed by atoms with E-state index in [2.05, 4.69) is 42.3 Å². The average molecular weight is 386 g/mol. The minimum Gasteiger partial charge on any atom is -0.325 e. The summed E-state index contributed by atoms with van der Waals surface area (Å²) in [4.78, 5) is 16.9. The Bertz CT molecular complexity index is 921. The van der Waals surface area contributed by atoms with E-state index in [0.717, 1.165) is 16.5 Å². The van der Waals surface area contributed by atoms with Crippen molar-refractivity contribution in [2.24, 2.45) is 0 Å². The number of aromatic nitrogens is 2. The Balaban J connectivity index is 1.74. The molecule has 0 saturated heterocycles. The number of amides is 1. The van der Waals surface area contributed by atoms with Crippen LogP contribution < -0.4 is 5.32 Å². The van der Waals surface area contributed by atoms with Gasteiger partial charge in [0.05, 0.1) is 10.9 Å². The lowest BCUT2D eigenvalue weighted by Gasteiger charge is -2.14. The van der Waals surface area contributed by atoms with Gasteiger partial charge in [-0.25, -0.2) is 4.98 Å². The van der Waals surface area contributed by atoms with Crippen LogP contribution >= 0.6 is 23.4 Å². The molecule has 0 aliphatic rings. The zero-order valence-electron chi connectivity index (χ0n) is 14.9. The first-order chi connectivity index (χ1) is 12.4. The van der Waals surface area contributed by atoms with E-state index in [9.17, 15) is 4.79 Å². The maximum Gasteiger partial charge on any atom is 0.237 e. The Kier molecular flexibility index (Phi) is 5.69. The lowest BCUT2D eigenvalue weighted by molar-refractivity contribution is -0.115. The number of nitrogens with zero attached hydrogens (tertiary/aromatic N) is 2. The van der Waals surface area contributed by atoms with E-state index in [0.29, 0.717) is 5.02 Å². The molecule has 26 heavy (non-hydrogen) atoms. The highest BCUT2D eigenvalue weighted by molar-refractivity contribution is 8.00. The van der Waals surface area contributed by atoms with Gasteiger partial charge < -0.3 is 5.32 Å². The number of aryl methyl sites for hydroxylation is 2. The molecule has 0 aliphatic carbocycles.